The molecule has 72 valence electrons. The second-order valence-electron chi connectivity index (χ2n) is 1.87. The molecule has 6 heteroatoms. The predicted octanol–water partition coefficient (Wildman–Crippen LogP) is 1.65. The first kappa shape index (κ1) is 12.2. The zero-order valence-corrected chi connectivity index (χ0v) is 8.65. The lowest BCUT2D eigenvalue weighted by Crippen LogP contribution is -2.31. The molecule has 0 heterocycles. The fourth-order valence-electron chi connectivity index (χ4n) is 0.579. The van der Waals surface area contributed by atoms with Crippen LogP contribution in [0.2, 0.25) is 0 Å². The van der Waals surface area contributed by atoms with Gasteiger partial charge in [-0.3, -0.25) is 0 Å². The Balaban J connectivity index is 0.00000144. The van der Waals surface area contributed by atoms with Gasteiger partial charge >= 0.3 is 0 Å². The zero-order valence-electron chi connectivity index (χ0n) is 7.02. The van der Waals surface area contributed by atoms with E-state index >= 15 is 0 Å². The molecule has 1 aromatic carbocycles. The number of carbonyl (C=O) groups is 1. The zero-order chi connectivity index (χ0) is 8.81. The van der Waals surface area contributed by atoms with Crippen LogP contribution < -0.4 is 16.0 Å². The fraction of sp³-hybridized carbons (Fsp3) is 0. The van der Waals surface area contributed by atoms with E-state index in [1.54, 1.807) is 0 Å². The van der Waals surface area contributed by atoms with E-state index in [2.05, 4.69) is 4.72 Å². The van der Waals surface area contributed by atoms with Crippen molar-refractivity contribution < 1.29 is 9.90 Å². The van der Waals surface area contributed by atoms with E-state index < -0.39 is 6.09 Å². The van der Waals surface area contributed by atoms with Crippen LogP contribution in [0.15, 0.2) is 35.2 Å². The molecule has 0 radical (unpaired) electrons. The summed E-state index contributed by atoms with van der Waals surface area (Å²) < 4.78 is 2.08. The Morgan fingerprint density at radius 2 is 1.92 bits per heavy atom. The van der Waals surface area contributed by atoms with Gasteiger partial charge in [0, 0.05) is 15.9 Å². The van der Waals surface area contributed by atoms with Gasteiger partial charge < -0.3 is 20.8 Å². The van der Waals surface area contributed by atoms with E-state index in [0.717, 1.165) is 15.9 Å². The quantitative estimate of drug-likeness (QED) is 0.596. The SMILES string of the molecule is O=C([O-])NSSc1ccccc1.[NH4+]. The van der Waals surface area contributed by atoms with Crippen molar-refractivity contribution in [3.63, 3.8) is 0 Å². The Kier molecular flexibility index (Phi) is 6.21. The molecule has 0 fully saturated rings. The van der Waals surface area contributed by atoms with E-state index in [9.17, 15) is 9.90 Å². The Morgan fingerprint density at radius 1 is 1.31 bits per heavy atom. The maximum Gasteiger partial charge on any atom is 0.145 e. The molecule has 0 saturated heterocycles. The number of nitrogens with one attached hydrogen (secondary N) is 1. The molecule has 0 aliphatic heterocycles. The molecule has 0 spiro atoms. The lowest BCUT2D eigenvalue weighted by atomic mass is 10.4. The van der Waals surface area contributed by atoms with E-state index in [4.69, 9.17) is 0 Å². The highest BCUT2D eigenvalue weighted by molar-refractivity contribution is 8.76. The highest BCUT2D eigenvalue weighted by atomic mass is 33.1. The summed E-state index contributed by atoms with van der Waals surface area (Å²) >= 11 is 0. The van der Waals surface area contributed by atoms with Gasteiger partial charge in [0.25, 0.3) is 0 Å². The van der Waals surface area contributed by atoms with Crippen LogP contribution in [-0.2, 0) is 0 Å². The van der Waals surface area contributed by atoms with Gasteiger partial charge in [-0.1, -0.05) is 18.2 Å². The van der Waals surface area contributed by atoms with Crippen LogP contribution in [0, 0.1) is 0 Å². The van der Waals surface area contributed by atoms with Crippen LogP contribution >= 0.6 is 21.8 Å². The first-order valence-electron chi connectivity index (χ1n) is 3.14. The van der Waals surface area contributed by atoms with Gasteiger partial charge in [-0.05, 0) is 22.9 Å². The maximum absolute atomic E-state index is 9.93. The summed E-state index contributed by atoms with van der Waals surface area (Å²) in [6.07, 6.45) is -1.27. The molecule has 0 aromatic heterocycles. The Hall–Kier alpha value is -0.850. The normalized spacial score (nSPS) is 8.62. The van der Waals surface area contributed by atoms with Crippen molar-refractivity contribution in [3.8, 4) is 0 Å². The van der Waals surface area contributed by atoms with Gasteiger partial charge in [0.15, 0.2) is 0 Å². The monoisotopic (exact) mass is 218 g/mol. The molecule has 0 aliphatic rings. The van der Waals surface area contributed by atoms with Crippen molar-refractivity contribution in [1.82, 2.24) is 10.9 Å². The maximum atomic E-state index is 9.93. The van der Waals surface area contributed by atoms with E-state index in [1.807, 2.05) is 30.3 Å². The number of hydrogen-bond acceptors (Lipinski definition) is 4. The fourth-order valence-corrected chi connectivity index (χ4v) is 2.00. The molecule has 5 N–H and O–H groups in total. The Morgan fingerprint density at radius 3 is 2.46 bits per heavy atom. The van der Waals surface area contributed by atoms with Crippen LogP contribution in [0.25, 0.3) is 0 Å². The van der Waals surface area contributed by atoms with Crippen LogP contribution in [0.3, 0.4) is 0 Å². The second-order valence-corrected chi connectivity index (χ2v) is 3.88. The number of hydrogen-bond donors (Lipinski definition) is 2. The third-order valence-corrected chi connectivity index (χ3v) is 2.88. The van der Waals surface area contributed by atoms with Crippen LogP contribution in [0.1, 0.15) is 0 Å². The Bertz CT molecular complexity index is 256. The molecule has 0 saturated carbocycles. The lowest BCUT2D eigenvalue weighted by Gasteiger charge is -2.03. The summed E-state index contributed by atoms with van der Waals surface area (Å²) in [5.74, 6) is 0. The molecule has 1 amide bonds. The number of quaternary nitrogens is 1. The van der Waals surface area contributed by atoms with Crippen molar-refractivity contribution >= 4 is 27.9 Å². The Labute approximate surface area is 84.2 Å². The first-order chi connectivity index (χ1) is 5.79. The van der Waals surface area contributed by atoms with Crippen molar-refractivity contribution in [1.29, 1.82) is 0 Å². The second kappa shape index (κ2) is 6.64. The number of benzene rings is 1. The summed E-state index contributed by atoms with van der Waals surface area (Å²) in [4.78, 5) is 10.9. The van der Waals surface area contributed by atoms with Gasteiger partial charge in [0.1, 0.15) is 6.09 Å². The molecular weight excluding hydrogens is 208 g/mol. The standard InChI is InChI=1S/C7H7NO2S2.H3N/c9-7(10)8-12-11-6-4-2-1-3-5-6;/h1-5,8H,(H,9,10);1H3. The van der Waals surface area contributed by atoms with Crippen molar-refractivity contribution in [2.75, 3.05) is 0 Å². The van der Waals surface area contributed by atoms with Gasteiger partial charge in [-0.25, -0.2) is 0 Å². The summed E-state index contributed by atoms with van der Waals surface area (Å²) in [6, 6.07) is 9.48. The summed E-state index contributed by atoms with van der Waals surface area (Å²) in [5.41, 5.74) is 0. The van der Waals surface area contributed by atoms with Crippen LogP contribution in [-0.4, -0.2) is 6.09 Å². The smallest absolute Gasteiger partial charge is 0.145 e. The number of amides is 1. The molecule has 0 bridgehead atoms. The third-order valence-electron chi connectivity index (χ3n) is 1.01. The largest absolute Gasteiger partial charge is 0.529 e. The van der Waals surface area contributed by atoms with E-state index in [0.29, 0.717) is 0 Å². The van der Waals surface area contributed by atoms with E-state index in [1.165, 1.54) is 10.8 Å². The third kappa shape index (κ3) is 5.40. The summed E-state index contributed by atoms with van der Waals surface area (Å²) in [7, 11) is 2.35. The molecule has 13 heavy (non-hydrogen) atoms. The number of carbonyl (C=O) groups excluding carboxylic acids is 1. The minimum absolute atomic E-state index is 0. The lowest BCUT2D eigenvalue weighted by molar-refractivity contribution is -0.247. The topological polar surface area (TPSA) is 88.7 Å². The van der Waals surface area contributed by atoms with Gasteiger partial charge in [-0.15, -0.1) is 0 Å². The highest BCUT2D eigenvalue weighted by Gasteiger charge is 1.91. The number of rotatable bonds is 3. The molecule has 0 unspecified atom stereocenters. The number of carboxylic acid groups (broad SMARTS) is 1. The summed E-state index contributed by atoms with van der Waals surface area (Å²) in [5, 5.41) is 9.93. The molecule has 1 aromatic rings. The van der Waals surface area contributed by atoms with Crippen LogP contribution in [0.5, 0.6) is 0 Å². The molecule has 0 atom stereocenters. The first-order valence-corrected chi connectivity index (χ1v) is 5.29. The highest BCUT2D eigenvalue weighted by Crippen LogP contribution is 2.27. The molecule has 1 rings (SSSR count). The summed E-state index contributed by atoms with van der Waals surface area (Å²) in [6.45, 7) is 0. The molecule has 4 nitrogen and oxygen atoms in total. The van der Waals surface area contributed by atoms with Gasteiger partial charge in [0.2, 0.25) is 0 Å². The van der Waals surface area contributed by atoms with Gasteiger partial charge in [0.05, 0.1) is 0 Å². The minimum Gasteiger partial charge on any atom is -0.529 e. The molecular formula is C7H10N2O2S2. The van der Waals surface area contributed by atoms with Crippen molar-refractivity contribution in [3.05, 3.63) is 30.3 Å². The average molecular weight is 218 g/mol. The van der Waals surface area contributed by atoms with Crippen molar-refractivity contribution in [2.45, 2.75) is 4.90 Å². The predicted molar refractivity (Wildman–Crippen MR) is 54.4 cm³/mol. The average Bonchev–Trinajstić information content (AvgIpc) is 2.05. The van der Waals surface area contributed by atoms with Gasteiger partial charge in [-0.2, -0.15) is 0 Å². The van der Waals surface area contributed by atoms with Crippen molar-refractivity contribution in [2.24, 2.45) is 0 Å². The van der Waals surface area contributed by atoms with E-state index in [-0.39, 0.29) is 6.15 Å². The minimum atomic E-state index is -1.27. The molecule has 0 aliphatic carbocycles. The van der Waals surface area contributed by atoms with Crippen LogP contribution in [0.4, 0.5) is 4.79 Å².